The Morgan fingerprint density at radius 2 is 2.05 bits per heavy atom. The number of rotatable bonds is 6. The topological polar surface area (TPSA) is 85.1 Å². The molecule has 2 aromatic rings. The Morgan fingerprint density at radius 3 is 2.70 bits per heavy atom. The van der Waals surface area contributed by atoms with Crippen LogP contribution in [0.3, 0.4) is 0 Å². The predicted octanol–water partition coefficient (Wildman–Crippen LogP) is 1.72. The second kappa shape index (κ2) is 5.95. The standard InChI is InChI=1S/C11H11F2N3O3S/c12-11(13)20(17,18)9-4-2-1-3-8(9)14-6-5-10-15-7-19-16-10/h1-4,7,11,14H,5-6H2. The summed E-state index contributed by atoms with van der Waals surface area (Å²) in [5, 5.41) is 6.36. The van der Waals surface area contributed by atoms with Gasteiger partial charge in [0.2, 0.25) is 16.2 Å². The van der Waals surface area contributed by atoms with Crippen LogP contribution < -0.4 is 5.32 Å². The normalized spacial score (nSPS) is 11.8. The summed E-state index contributed by atoms with van der Waals surface area (Å²) in [6.07, 6.45) is 1.55. The van der Waals surface area contributed by atoms with Crippen molar-refractivity contribution < 1.29 is 21.7 Å². The first kappa shape index (κ1) is 14.4. The molecule has 1 aromatic carbocycles. The maximum atomic E-state index is 12.6. The highest BCUT2D eigenvalue weighted by Gasteiger charge is 2.28. The molecule has 0 bridgehead atoms. The third-order valence-corrected chi connectivity index (χ3v) is 3.94. The summed E-state index contributed by atoms with van der Waals surface area (Å²) in [4.78, 5) is 3.36. The SMILES string of the molecule is O=S(=O)(c1ccccc1NCCc1ncon1)C(F)F. The van der Waals surface area contributed by atoms with Gasteiger partial charge in [-0.2, -0.15) is 13.8 Å². The largest absolute Gasteiger partial charge is 0.384 e. The average Bonchev–Trinajstić information content (AvgIpc) is 2.92. The molecule has 0 fully saturated rings. The molecule has 2 rings (SSSR count). The van der Waals surface area contributed by atoms with Crippen molar-refractivity contribution in [2.24, 2.45) is 0 Å². The van der Waals surface area contributed by atoms with Gasteiger partial charge in [-0.15, -0.1) is 0 Å². The molecule has 9 heteroatoms. The van der Waals surface area contributed by atoms with E-state index in [0.29, 0.717) is 12.2 Å². The first-order valence-corrected chi connectivity index (χ1v) is 7.16. The third kappa shape index (κ3) is 3.10. The fourth-order valence-corrected chi connectivity index (χ4v) is 2.48. The molecule has 108 valence electrons. The number of hydrogen-bond acceptors (Lipinski definition) is 6. The molecule has 6 nitrogen and oxygen atoms in total. The van der Waals surface area contributed by atoms with Crippen molar-refractivity contribution in [1.29, 1.82) is 0 Å². The number of para-hydroxylation sites is 1. The summed E-state index contributed by atoms with van der Waals surface area (Å²) in [7, 11) is -4.64. The van der Waals surface area contributed by atoms with Gasteiger partial charge in [-0.05, 0) is 12.1 Å². The van der Waals surface area contributed by atoms with Crippen LogP contribution in [-0.4, -0.2) is 30.9 Å². The summed E-state index contributed by atoms with van der Waals surface area (Å²) < 4.78 is 52.7. The van der Waals surface area contributed by atoms with Gasteiger partial charge in [-0.25, -0.2) is 8.42 Å². The highest BCUT2D eigenvalue weighted by molar-refractivity contribution is 7.91. The molecular formula is C11H11F2N3O3S. The number of anilines is 1. The molecule has 0 aliphatic rings. The fraction of sp³-hybridized carbons (Fsp3) is 0.273. The summed E-state index contributed by atoms with van der Waals surface area (Å²) >= 11 is 0. The Kier molecular flexibility index (Phi) is 4.28. The minimum Gasteiger partial charge on any atom is -0.384 e. The second-order valence-electron chi connectivity index (χ2n) is 3.83. The number of benzene rings is 1. The van der Waals surface area contributed by atoms with E-state index in [2.05, 4.69) is 20.0 Å². The van der Waals surface area contributed by atoms with Gasteiger partial charge in [0.25, 0.3) is 0 Å². The molecule has 0 unspecified atom stereocenters. The molecule has 0 saturated carbocycles. The molecule has 0 spiro atoms. The van der Waals surface area contributed by atoms with Crippen LogP contribution in [0.1, 0.15) is 5.82 Å². The average molecular weight is 303 g/mol. The Labute approximate surface area is 113 Å². The summed E-state index contributed by atoms with van der Waals surface area (Å²) in [6, 6.07) is 5.50. The van der Waals surface area contributed by atoms with E-state index in [1.165, 1.54) is 18.5 Å². The van der Waals surface area contributed by atoms with Crippen LogP contribution in [0.4, 0.5) is 14.5 Å². The monoisotopic (exact) mass is 303 g/mol. The third-order valence-electron chi connectivity index (χ3n) is 2.50. The van der Waals surface area contributed by atoms with E-state index in [9.17, 15) is 17.2 Å². The van der Waals surface area contributed by atoms with Gasteiger partial charge in [0.1, 0.15) is 0 Å². The predicted molar refractivity (Wildman–Crippen MR) is 66.1 cm³/mol. The zero-order valence-electron chi connectivity index (χ0n) is 10.2. The number of aromatic nitrogens is 2. The zero-order chi connectivity index (χ0) is 14.6. The van der Waals surface area contributed by atoms with Gasteiger partial charge in [0, 0.05) is 13.0 Å². The van der Waals surface area contributed by atoms with Crippen molar-refractivity contribution in [2.75, 3.05) is 11.9 Å². The van der Waals surface area contributed by atoms with Crippen LogP contribution in [0.25, 0.3) is 0 Å². The van der Waals surface area contributed by atoms with Crippen LogP contribution in [0, 0.1) is 0 Å². The van der Waals surface area contributed by atoms with Crippen molar-refractivity contribution in [3.05, 3.63) is 36.5 Å². The summed E-state index contributed by atoms with van der Waals surface area (Å²) in [5.41, 5.74) is 0.122. The molecule has 1 heterocycles. The molecule has 0 atom stereocenters. The van der Waals surface area contributed by atoms with Crippen LogP contribution in [0.15, 0.2) is 40.1 Å². The number of nitrogens with zero attached hydrogens (tertiary/aromatic N) is 2. The lowest BCUT2D eigenvalue weighted by atomic mass is 10.3. The van der Waals surface area contributed by atoms with Crippen LogP contribution in [0.2, 0.25) is 0 Å². The lowest BCUT2D eigenvalue weighted by Gasteiger charge is -2.11. The lowest BCUT2D eigenvalue weighted by Crippen LogP contribution is -2.15. The van der Waals surface area contributed by atoms with E-state index < -0.39 is 20.5 Å². The number of nitrogens with one attached hydrogen (secondary N) is 1. The highest BCUT2D eigenvalue weighted by Crippen LogP contribution is 2.25. The van der Waals surface area contributed by atoms with Crippen molar-refractivity contribution in [3.8, 4) is 0 Å². The Hall–Kier alpha value is -2.03. The van der Waals surface area contributed by atoms with Gasteiger partial charge in [0.15, 0.2) is 5.82 Å². The highest BCUT2D eigenvalue weighted by atomic mass is 32.2. The van der Waals surface area contributed by atoms with Crippen molar-refractivity contribution in [1.82, 2.24) is 10.1 Å². The van der Waals surface area contributed by atoms with Crippen molar-refractivity contribution in [3.63, 3.8) is 0 Å². The quantitative estimate of drug-likeness (QED) is 0.874. The van der Waals surface area contributed by atoms with Crippen molar-refractivity contribution in [2.45, 2.75) is 17.1 Å². The molecule has 20 heavy (non-hydrogen) atoms. The molecule has 0 amide bonds. The van der Waals surface area contributed by atoms with E-state index in [0.717, 1.165) is 6.07 Å². The van der Waals surface area contributed by atoms with E-state index in [-0.39, 0.29) is 12.2 Å². The Morgan fingerprint density at radius 1 is 1.30 bits per heavy atom. The summed E-state index contributed by atoms with van der Waals surface area (Å²) in [5.74, 6) is -3.02. The smallest absolute Gasteiger partial charge is 0.341 e. The van der Waals surface area contributed by atoms with Gasteiger partial charge in [-0.1, -0.05) is 17.3 Å². The number of sulfone groups is 1. The van der Waals surface area contributed by atoms with Crippen LogP contribution >= 0.6 is 0 Å². The Bertz CT molecular complexity index is 659. The van der Waals surface area contributed by atoms with Gasteiger partial charge >= 0.3 is 5.76 Å². The number of halogens is 2. The van der Waals surface area contributed by atoms with Gasteiger partial charge in [-0.3, -0.25) is 0 Å². The van der Waals surface area contributed by atoms with Gasteiger partial charge < -0.3 is 9.84 Å². The molecule has 1 N–H and O–H groups in total. The Balaban J connectivity index is 2.12. The van der Waals surface area contributed by atoms with E-state index in [1.54, 1.807) is 6.07 Å². The molecule has 0 aliphatic carbocycles. The molecule has 0 saturated heterocycles. The summed E-state index contributed by atoms with van der Waals surface area (Å²) in [6.45, 7) is 0.287. The lowest BCUT2D eigenvalue weighted by molar-refractivity contribution is 0.235. The second-order valence-corrected chi connectivity index (χ2v) is 5.71. The molecule has 1 aromatic heterocycles. The molecule has 0 aliphatic heterocycles. The van der Waals surface area contributed by atoms with Crippen LogP contribution in [0.5, 0.6) is 0 Å². The maximum absolute atomic E-state index is 12.6. The first-order chi connectivity index (χ1) is 9.51. The minimum atomic E-state index is -4.64. The fourth-order valence-electron chi connectivity index (χ4n) is 1.57. The van der Waals surface area contributed by atoms with Gasteiger partial charge in [0.05, 0.1) is 10.6 Å². The zero-order valence-corrected chi connectivity index (χ0v) is 11.0. The molecule has 0 radical (unpaired) electrons. The van der Waals surface area contributed by atoms with Crippen molar-refractivity contribution >= 4 is 15.5 Å². The van der Waals surface area contributed by atoms with E-state index >= 15 is 0 Å². The number of alkyl halides is 2. The number of hydrogen-bond donors (Lipinski definition) is 1. The van der Waals surface area contributed by atoms with Crippen LogP contribution in [-0.2, 0) is 16.3 Å². The molecular weight excluding hydrogens is 292 g/mol. The maximum Gasteiger partial charge on any atom is 0.341 e. The van der Waals surface area contributed by atoms with E-state index in [1.807, 2.05) is 0 Å². The first-order valence-electron chi connectivity index (χ1n) is 5.62. The minimum absolute atomic E-state index is 0.122. The van der Waals surface area contributed by atoms with E-state index in [4.69, 9.17) is 0 Å².